The lowest BCUT2D eigenvalue weighted by Gasteiger charge is -1.99. The van der Waals surface area contributed by atoms with E-state index in [0.29, 0.717) is 11.7 Å². The van der Waals surface area contributed by atoms with Crippen LogP contribution in [0.15, 0.2) is 19.8 Å². The molecule has 0 aliphatic rings. The van der Waals surface area contributed by atoms with Crippen LogP contribution in [0.3, 0.4) is 0 Å². The van der Waals surface area contributed by atoms with Crippen LogP contribution in [0.1, 0.15) is 17.3 Å². The average molecular weight is 302 g/mol. The summed E-state index contributed by atoms with van der Waals surface area (Å²) >= 11 is 5.14. The molecule has 0 atom stereocenters. The van der Waals surface area contributed by atoms with Crippen LogP contribution in [-0.4, -0.2) is 16.7 Å². The predicted molar refractivity (Wildman–Crippen MR) is 66.5 cm³/mol. The maximum atomic E-state index is 5.01. The molecule has 0 unspecified atom stereocenters. The maximum Gasteiger partial charge on any atom is 0.227 e. The monoisotopic (exact) mass is 301 g/mol. The minimum atomic E-state index is 0.691. The van der Waals surface area contributed by atoms with E-state index < -0.39 is 0 Å². The van der Waals surface area contributed by atoms with Gasteiger partial charge in [-0.15, -0.1) is 11.3 Å². The molecule has 2 aromatic heterocycles. The van der Waals surface area contributed by atoms with Gasteiger partial charge < -0.3 is 9.84 Å². The lowest BCUT2D eigenvalue weighted by Crippen LogP contribution is -2.16. The highest BCUT2D eigenvalue weighted by atomic mass is 79.9. The predicted octanol–water partition coefficient (Wildman–Crippen LogP) is 2.53. The topological polar surface area (TPSA) is 51.0 Å². The number of aromatic nitrogens is 2. The van der Waals surface area contributed by atoms with Crippen molar-refractivity contribution in [2.75, 3.05) is 6.54 Å². The molecule has 0 saturated carbocycles. The zero-order valence-electron chi connectivity index (χ0n) is 8.86. The van der Waals surface area contributed by atoms with Crippen molar-refractivity contribution in [3.8, 4) is 0 Å². The van der Waals surface area contributed by atoms with Crippen LogP contribution in [0.25, 0.3) is 0 Å². The van der Waals surface area contributed by atoms with Gasteiger partial charge in [0.05, 0.1) is 3.79 Å². The third-order valence-corrected chi connectivity index (χ3v) is 3.59. The highest BCUT2D eigenvalue weighted by molar-refractivity contribution is 9.11. The molecule has 0 amide bonds. The molecule has 0 bridgehead atoms. The van der Waals surface area contributed by atoms with Crippen LogP contribution in [0.2, 0.25) is 0 Å². The Hall–Kier alpha value is -0.720. The smallest absolute Gasteiger partial charge is 0.227 e. The van der Waals surface area contributed by atoms with Gasteiger partial charge in [-0.25, -0.2) is 0 Å². The van der Waals surface area contributed by atoms with Gasteiger partial charge in [-0.3, -0.25) is 0 Å². The lowest BCUT2D eigenvalue weighted by atomic mass is 10.3. The van der Waals surface area contributed by atoms with Crippen molar-refractivity contribution in [1.29, 1.82) is 0 Å². The summed E-state index contributed by atoms with van der Waals surface area (Å²) in [6.45, 7) is 3.54. The van der Waals surface area contributed by atoms with Crippen LogP contribution in [-0.2, 0) is 13.0 Å². The van der Waals surface area contributed by atoms with E-state index in [0.717, 1.165) is 23.3 Å². The van der Waals surface area contributed by atoms with E-state index in [4.69, 9.17) is 4.52 Å². The van der Waals surface area contributed by atoms with Crippen molar-refractivity contribution < 1.29 is 4.52 Å². The molecule has 0 spiro atoms. The van der Waals surface area contributed by atoms with E-state index in [2.05, 4.69) is 42.8 Å². The number of hydrogen-bond donors (Lipinski definition) is 1. The highest BCUT2D eigenvalue weighted by Crippen LogP contribution is 2.20. The van der Waals surface area contributed by atoms with Crippen LogP contribution < -0.4 is 5.32 Å². The summed E-state index contributed by atoms with van der Waals surface area (Å²) in [5.74, 6) is 1.38. The molecule has 0 radical (unpaired) electrons. The van der Waals surface area contributed by atoms with Crippen molar-refractivity contribution in [1.82, 2.24) is 15.5 Å². The molecular formula is C10H12BrN3OS. The lowest BCUT2D eigenvalue weighted by molar-refractivity contribution is 0.372. The van der Waals surface area contributed by atoms with Gasteiger partial charge >= 0.3 is 0 Å². The third kappa shape index (κ3) is 3.40. The average Bonchev–Trinajstić information content (AvgIpc) is 2.83. The van der Waals surface area contributed by atoms with Crippen LogP contribution in [0.5, 0.6) is 0 Å². The summed E-state index contributed by atoms with van der Waals surface area (Å²) in [5, 5.41) is 9.20. The number of aryl methyl sites for hydroxylation is 1. The Kier molecular flexibility index (Phi) is 4.09. The molecule has 1 N–H and O–H groups in total. The van der Waals surface area contributed by atoms with Crippen molar-refractivity contribution in [3.63, 3.8) is 0 Å². The van der Waals surface area contributed by atoms with Gasteiger partial charge in [0.1, 0.15) is 0 Å². The van der Waals surface area contributed by atoms with E-state index in [1.54, 1.807) is 11.3 Å². The van der Waals surface area contributed by atoms with E-state index in [9.17, 15) is 0 Å². The first-order valence-electron chi connectivity index (χ1n) is 4.97. The summed E-state index contributed by atoms with van der Waals surface area (Å²) < 4.78 is 6.18. The Bertz CT molecular complexity index is 412. The minimum Gasteiger partial charge on any atom is -0.339 e. The maximum absolute atomic E-state index is 5.01. The Morgan fingerprint density at radius 2 is 2.44 bits per heavy atom. The zero-order valence-corrected chi connectivity index (χ0v) is 11.3. The summed E-state index contributed by atoms with van der Waals surface area (Å²) in [6, 6.07) is 2.12. The SMILES string of the molecule is Cc1noc(CCNCc2csc(Br)c2)n1. The number of hydrogen-bond acceptors (Lipinski definition) is 5. The van der Waals surface area contributed by atoms with Gasteiger partial charge in [0.2, 0.25) is 5.89 Å². The van der Waals surface area contributed by atoms with Crippen molar-refractivity contribution >= 4 is 27.3 Å². The van der Waals surface area contributed by atoms with Gasteiger partial charge in [0, 0.05) is 19.5 Å². The van der Waals surface area contributed by atoms with E-state index in [1.807, 2.05) is 6.92 Å². The van der Waals surface area contributed by atoms with Gasteiger partial charge in [-0.1, -0.05) is 5.16 Å². The molecule has 0 aliphatic heterocycles. The largest absolute Gasteiger partial charge is 0.339 e. The molecule has 0 aliphatic carbocycles. The molecule has 0 saturated heterocycles. The van der Waals surface area contributed by atoms with Crippen LogP contribution in [0, 0.1) is 6.92 Å². The quantitative estimate of drug-likeness (QED) is 0.862. The standard InChI is InChI=1S/C10H12BrN3OS/c1-7-13-10(15-14-7)2-3-12-5-8-4-9(11)16-6-8/h4,6,12H,2-3,5H2,1H3. The Morgan fingerprint density at radius 3 is 3.06 bits per heavy atom. The molecule has 2 rings (SSSR count). The van der Waals surface area contributed by atoms with Gasteiger partial charge in [-0.2, -0.15) is 4.98 Å². The third-order valence-electron chi connectivity index (χ3n) is 2.04. The Labute approximate surface area is 106 Å². The van der Waals surface area contributed by atoms with Crippen LogP contribution in [0.4, 0.5) is 0 Å². The Morgan fingerprint density at radius 1 is 1.56 bits per heavy atom. The Balaban J connectivity index is 1.69. The summed E-state index contributed by atoms with van der Waals surface area (Å²) in [6.07, 6.45) is 0.770. The van der Waals surface area contributed by atoms with E-state index in [-0.39, 0.29) is 0 Å². The molecule has 0 fully saturated rings. The second-order valence-corrected chi connectivity index (χ2v) is 5.71. The van der Waals surface area contributed by atoms with Gasteiger partial charge in [0.25, 0.3) is 0 Å². The van der Waals surface area contributed by atoms with Crippen LogP contribution >= 0.6 is 27.3 Å². The number of nitrogens with zero attached hydrogens (tertiary/aromatic N) is 2. The first-order chi connectivity index (χ1) is 7.74. The molecule has 6 heteroatoms. The molecule has 2 aromatic rings. The van der Waals surface area contributed by atoms with Crippen molar-refractivity contribution in [2.45, 2.75) is 19.9 Å². The highest BCUT2D eigenvalue weighted by Gasteiger charge is 2.02. The van der Waals surface area contributed by atoms with Gasteiger partial charge in [-0.05, 0) is 39.9 Å². The molecule has 86 valence electrons. The number of thiophene rings is 1. The summed E-state index contributed by atoms with van der Waals surface area (Å²) in [7, 11) is 0. The fourth-order valence-corrected chi connectivity index (χ4v) is 2.52. The zero-order chi connectivity index (χ0) is 11.4. The molecule has 2 heterocycles. The van der Waals surface area contributed by atoms with Gasteiger partial charge in [0.15, 0.2) is 5.82 Å². The fraction of sp³-hybridized carbons (Fsp3) is 0.400. The molecule has 4 nitrogen and oxygen atoms in total. The van der Waals surface area contributed by atoms with Crippen molar-refractivity contribution in [3.05, 3.63) is 32.5 Å². The first-order valence-corrected chi connectivity index (χ1v) is 6.64. The number of nitrogens with one attached hydrogen (secondary N) is 1. The van der Waals surface area contributed by atoms with E-state index in [1.165, 1.54) is 5.56 Å². The number of rotatable bonds is 5. The normalized spacial score (nSPS) is 10.9. The molecular weight excluding hydrogens is 290 g/mol. The number of halogens is 1. The fourth-order valence-electron chi connectivity index (χ4n) is 1.31. The molecule has 0 aromatic carbocycles. The second-order valence-electron chi connectivity index (χ2n) is 3.42. The summed E-state index contributed by atoms with van der Waals surface area (Å²) in [5.41, 5.74) is 1.29. The van der Waals surface area contributed by atoms with Crippen molar-refractivity contribution in [2.24, 2.45) is 0 Å². The summed E-state index contributed by atoms with van der Waals surface area (Å²) in [4.78, 5) is 4.14. The minimum absolute atomic E-state index is 0.691. The first kappa shape index (κ1) is 11.8. The van der Waals surface area contributed by atoms with E-state index >= 15 is 0 Å². The second kappa shape index (κ2) is 5.56. The molecule has 16 heavy (non-hydrogen) atoms.